The van der Waals surface area contributed by atoms with Gasteiger partial charge in [-0.15, -0.1) is 0 Å². The third-order valence-corrected chi connectivity index (χ3v) is 3.94. The second-order valence-corrected chi connectivity index (χ2v) is 5.49. The van der Waals surface area contributed by atoms with E-state index in [-0.39, 0.29) is 5.82 Å². The molecule has 0 aliphatic carbocycles. The van der Waals surface area contributed by atoms with Gasteiger partial charge in [0.2, 0.25) is 0 Å². The third-order valence-electron chi connectivity index (χ3n) is 2.61. The van der Waals surface area contributed by atoms with Crippen LogP contribution in [0.5, 0.6) is 0 Å². The van der Waals surface area contributed by atoms with Gasteiger partial charge >= 0.3 is 0 Å². The highest BCUT2D eigenvalue weighted by molar-refractivity contribution is 9.10. The smallest absolute Gasteiger partial charge is 0.129 e. The van der Waals surface area contributed by atoms with Crippen LogP contribution in [-0.4, -0.2) is 0 Å². The minimum atomic E-state index is -0.649. The van der Waals surface area contributed by atoms with Crippen molar-refractivity contribution >= 4 is 39.1 Å². The fraction of sp³-hybridized carbons (Fsp3) is 0.0769. The summed E-state index contributed by atoms with van der Waals surface area (Å²) in [5.74, 6) is -0.382. The average Bonchev–Trinajstić information content (AvgIpc) is 2.32. The molecule has 18 heavy (non-hydrogen) atoms. The molecule has 0 aliphatic rings. The van der Waals surface area contributed by atoms with Crippen molar-refractivity contribution in [2.75, 3.05) is 0 Å². The molecule has 1 nitrogen and oxygen atoms in total. The number of halogens is 4. The molecular weight excluding hydrogens is 340 g/mol. The molecule has 2 aromatic rings. The predicted octanol–water partition coefficient (Wildman–Crippen LogP) is 4.94. The highest BCUT2D eigenvalue weighted by Gasteiger charge is 2.17. The van der Waals surface area contributed by atoms with E-state index in [0.29, 0.717) is 25.6 Å². The van der Waals surface area contributed by atoms with Crippen LogP contribution in [0, 0.1) is 5.82 Å². The Morgan fingerprint density at radius 1 is 1.11 bits per heavy atom. The molecule has 2 aromatic carbocycles. The van der Waals surface area contributed by atoms with Crippen molar-refractivity contribution in [2.45, 2.75) is 6.04 Å². The summed E-state index contributed by atoms with van der Waals surface area (Å²) in [6.45, 7) is 0. The maximum Gasteiger partial charge on any atom is 0.129 e. The first-order valence-electron chi connectivity index (χ1n) is 5.15. The van der Waals surface area contributed by atoms with E-state index in [1.54, 1.807) is 30.3 Å². The summed E-state index contributed by atoms with van der Waals surface area (Å²) in [6, 6.07) is 9.22. The summed E-state index contributed by atoms with van der Waals surface area (Å²) in [4.78, 5) is 0. The van der Waals surface area contributed by atoms with Crippen molar-refractivity contribution < 1.29 is 4.39 Å². The van der Waals surface area contributed by atoms with Crippen molar-refractivity contribution in [1.29, 1.82) is 0 Å². The molecule has 0 fully saturated rings. The van der Waals surface area contributed by atoms with Crippen LogP contribution in [0.25, 0.3) is 0 Å². The van der Waals surface area contributed by atoms with Gasteiger partial charge in [0.1, 0.15) is 5.82 Å². The number of rotatable bonds is 2. The zero-order chi connectivity index (χ0) is 13.3. The Kier molecular flexibility index (Phi) is 4.28. The van der Waals surface area contributed by atoms with Gasteiger partial charge in [-0.3, -0.25) is 0 Å². The van der Waals surface area contributed by atoms with Crippen LogP contribution in [-0.2, 0) is 0 Å². The fourth-order valence-electron chi connectivity index (χ4n) is 1.68. The molecule has 0 spiro atoms. The standard InChI is InChI=1S/C13H9BrCl2FN/c14-7-4-5-8(11(17)6-7)13(18)9-2-1-3-10(15)12(9)16/h1-6,13H,18H2. The van der Waals surface area contributed by atoms with Crippen molar-refractivity contribution in [3.8, 4) is 0 Å². The molecule has 0 radical (unpaired) electrons. The highest BCUT2D eigenvalue weighted by atomic mass is 79.9. The number of benzene rings is 2. The Morgan fingerprint density at radius 3 is 2.50 bits per heavy atom. The summed E-state index contributed by atoms with van der Waals surface area (Å²) >= 11 is 15.2. The predicted molar refractivity (Wildman–Crippen MR) is 76.6 cm³/mol. The Bertz CT molecular complexity index is 589. The van der Waals surface area contributed by atoms with Crippen molar-refractivity contribution in [1.82, 2.24) is 0 Å². The van der Waals surface area contributed by atoms with Gasteiger partial charge < -0.3 is 5.73 Å². The normalized spacial score (nSPS) is 12.5. The molecule has 0 aliphatic heterocycles. The van der Waals surface area contributed by atoms with Gasteiger partial charge in [0.25, 0.3) is 0 Å². The molecule has 2 rings (SSSR count). The second-order valence-electron chi connectivity index (χ2n) is 3.79. The maximum absolute atomic E-state index is 13.8. The van der Waals surface area contributed by atoms with Crippen LogP contribution in [0.1, 0.15) is 17.2 Å². The zero-order valence-corrected chi connectivity index (χ0v) is 12.2. The first-order chi connectivity index (χ1) is 8.50. The van der Waals surface area contributed by atoms with Crippen LogP contribution in [0.2, 0.25) is 10.0 Å². The maximum atomic E-state index is 13.8. The van der Waals surface area contributed by atoms with Crippen molar-refractivity contribution in [2.24, 2.45) is 5.73 Å². The first-order valence-corrected chi connectivity index (χ1v) is 6.70. The molecule has 0 bridgehead atoms. The van der Waals surface area contributed by atoms with E-state index in [2.05, 4.69) is 15.9 Å². The van der Waals surface area contributed by atoms with Gasteiger partial charge in [0.15, 0.2) is 0 Å². The van der Waals surface area contributed by atoms with E-state index in [1.165, 1.54) is 6.07 Å². The lowest BCUT2D eigenvalue weighted by atomic mass is 9.99. The van der Waals surface area contributed by atoms with E-state index in [0.717, 1.165) is 0 Å². The summed E-state index contributed by atoms with van der Waals surface area (Å²) in [7, 11) is 0. The summed E-state index contributed by atoms with van der Waals surface area (Å²) < 4.78 is 14.5. The topological polar surface area (TPSA) is 26.0 Å². The van der Waals surface area contributed by atoms with Gasteiger partial charge in [-0.1, -0.05) is 57.3 Å². The molecule has 0 saturated heterocycles. The van der Waals surface area contributed by atoms with Gasteiger partial charge in [-0.2, -0.15) is 0 Å². The van der Waals surface area contributed by atoms with Crippen LogP contribution in [0.3, 0.4) is 0 Å². The summed E-state index contributed by atoms with van der Waals surface area (Å²) in [5, 5.41) is 0.760. The van der Waals surface area contributed by atoms with Gasteiger partial charge in [-0.05, 0) is 23.8 Å². The lowest BCUT2D eigenvalue weighted by Crippen LogP contribution is -2.14. The second kappa shape index (κ2) is 5.57. The van der Waals surface area contributed by atoms with Crippen molar-refractivity contribution in [3.63, 3.8) is 0 Å². The van der Waals surface area contributed by atoms with Crippen LogP contribution < -0.4 is 5.73 Å². The fourth-order valence-corrected chi connectivity index (χ4v) is 2.44. The van der Waals surface area contributed by atoms with E-state index in [4.69, 9.17) is 28.9 Å². The number of hydrogen-bond donors (Lipinski definition) is 1. The number of nitrogens with two attached hydrogens (primary N) is 1. The molecule has 2 N–H and O–H groups in total. The van der Waals surface area contributed by atoms with Gasteiger partial charge in [0, 0.05) is 10.0 Å². The van der Waals surface area contributed by atoms with E-state index in [9.17, 15) is 4.39 Å². The minimum Gasteiger partial charge on any atom is -0.320 e. The Morgan fingerprint density at radius 2 is 1.83 bits per heavy atom. The molecule has 0 amide bonds. The molecule has 1 unspecified atom stereocenters. The summed E-state index contributed by atoms with van der Waals surface area (Å²) in [6.07, 6.45) is 0. The molecule has 0 saturated carbocycles. The van der Waals surface area contributed by atoms with Gasteiger partial charge in [0.05, 0.1) is 16.1 Å². The quantitative estimate of drug-likeness (QED) is 0.816. The van der Waals surface area contributed by atoms with E-state index >= 15 is 0 Å². The molecule has 1 atom stereocenters. The number of hydrogen-bond acceptors (Lipinski definition) is 1. The Hall–Kier alpha value is -0.610. The SMILES string of the molecule is NC(c1ccc(Br)cc1F)c1cccc(Cl)c1Cl. The first kappa shape index (κ1) is 13.8. The van der Waals surface area contributed by atoms with Crippen LogP contribution in [0.15, 0.2) is 40.9 Å². The Labute approximate surface area is 123 Å². The third kappa shape index (κ3) is 2.69. The van der Waals surface area contributed by atoms with Gasteiger partial charge in [-0.25, -0.2) is 4.39 Å². The lowest BCUT2D eigenvalue weighted by Gasteiger charge is -2.15. The van der Waals surface area contributed by atoms with Crippen LogP contribution in [0.4, 0.5) is 4.39 Å². The molecule has 0 heterocycles. The molecule has 94 valence electrons. The minimum absolute atomic E-state index is 0.356. The monoisotopic (exact) mass is 347 g/mol. The van der Waals surface area contributed by atoms with Crippen molar-refractivity contribution in [3.05, 3.63) is 67.9 Å². The largest absolute Gasteiger partial charge is 0.320 e. The van der Waals surface area contributed by atoms with Crippen LogP contribution >= 0.6 is 39.1 Å². The lowest BCUT2D eigenvalue weighted by molar-refractivity contribution is 0.599. The van der Waals surface area contributed by atoms with E-state index < -0.39 is 6.04 Å². The zero-order valence-electron chi connectivity index (χ0n) is 9.13. The summed E-state index contributed by atoms with van der Waals surface area (Å²) in [5.41, 5.74) is 7.02. The Balaban J connectivity index is 2.48. The average molecular weight is 349 g/mol. The highest BCUT2D eigenvalue weighted by Crippen LogP contribution is 2.33. The molecular formula is C13H9BrCl2FN. The molecule has 0 aromatic heterocycles. The van der Waals surface area contributed by atoms with E-state index in [1.807, 2.05) is 0 Å². The molecule has 5 heteroatoms.